The van der Waals surface area contributed by atoms with Crippen molar-refractivity contribution in [1.82, 2.24) is 15.3 Å². The molecule has 3 aromatic carbocycles. The molecule has 4 rings (SSSR count). The number of methoxy groups -OCH3 is 1. The van der Waals surface area contributed by atoms with Crippen molar-refractivity contribution in [2.45, 2.75) is 11.3 Å². The van der Waals surface area contributed by atoms with Crippen LogP contribution in [0.4, 0.5) is 11.5 Å². The molecule has 206 valence electrons. The SMILES string of the molecule is COc1nccnc1NS(=O)(=O)c1ccc(NC(=S)NC(=O)c2cc(Br)ccc2OCCc2ccccc2)cc1. The maximum absolute atomic E-state index is 13.0. The lowest BCUT2D eigenvalue weighted by molar-refractivity contribution is 0.0973. The predicted molar refractivity (Wildman–Crippen MR) is 159 cm³/mol. The van der Waals surface area contributed by atoms with Gasteiger partial charge in [-0.1, -0.05) is 46.3 Å². The zero-order valence-electron chi connectivity index (χ0n) is 21.1. The van der Waals surface area contributed by atoms with Crippen LogP contribution in [0, 0.1) is 0 Å². The van der Waals surface area contributed by atoms with E-state index < -0.39 is 15.9 Å². The van der Waals surface area contributed by atoms with Crippen molar-refractivity contribution >= 4 is 60.7 Å². The zero-order chi connectivity index (χ0) is 28.5. The number of sulfonamides is 1. The molecule has 40 heavy (non-hydrogen) atoms. The molecule has 0 radical (unpaired) electrons. The molecule has 0 atom stereocenters. The second kappa shape index (κ2) is 13.3. The van der Waals surface area contributed by atoms with Crippen LogP contribution in [0.3, 0.4) is 0 Å². The average Bonchev–Trinajstić information content (AvgIpc) is 2.94. The molecule has 0 unspecified atom stereocenters. The van der Waals surface area contributed by atoms with Gasteiger partial charge in [-0.15, -0.1) is 0 Å². The van der Waals surface area contributed by atoms with Crippen LogP contribution in [0.2, 0.25) is 0 Å². The Kier molecular flexibility index (Phi) is 9.64. The van der Waals surface area contributed by atoms with Gasteiger partial charge in [-0.2, -0.15) is 0 Å². The number of nitrogens with one attached hydrogen (secondary N) is 3. The Morgan fingerprint density at radius 3 is 2.45 bits per heavy atom. The summed E-state index contributed by atoms with van der Waals surface area (Å²) in [6, 6.07) is 20.8. The third kappa shape index (κ3) is 7.74. The first-order chi connectivity index (χ1) is 19.2. The van der Waals surface area contributed by atoms with Gasteiger partial charge < -0.3 is 14.8 Å². The first-order valence-corrected chi connectivity index (χ1v) is 14.5. The number of ether oxygens (including phenoxy) is 2. The molecule has 0 aliphatic heterocycles. The molecule has 3 N–H and O–H groups in total. The number of benzene rings is 3. The van der Waals surface area contributed by atoms with Gasteiger partial charge in [0.05, 0.1) is 24.2 Å². The van der Waals surface area contributed by atoms with Crippen molar-refractivity contribution in [2.24, 2.45) is 0 Å². The number of amides is 1. The Bertz CT molecular complexity index is 1600. The number of aromatic nitrogens is 2. The highest BCUT2D eigenvalue weighted by Crippen LogP contribution is 2.24. The normalized spacial score (nSPS) is 10.8. The zero-order valence-corrected chi connectivity index (χ0v) is 24.3. The summed E-state index contributed by atoms with van der Waals surface area (Å²) in [4.78, 5) is 20.9. The van der Waals surface area contributed by atoms with E-state index in [1.807, 2.05) is 30.3 Å². The summed E-state index contributed by atoms with van der Waals surface area (Å²) >= 11 is 8.69. The lowest BCUT2D eigenvalue weighted by Crippen LogP contribution is -2.34. The van der Waals surface area contributed by atoms with Gasteiger partial charge in [-0.25, -0.2) is 18.4 Å². The summed E-state index contributed by atoms with van der Waals surface area (Å²) in [6.45, 7) is 0.391. The third-order valence-electron chi connectivity index (χ3n) is 5.42. The van der Waals surface area contributed by atoms with Crippen LogP contribution in [0.15, 0.2) is 94.6 Å². The third-order valence-corrected chi connectivity index (χ3v) is 7.47. The monoisotopic (exact) mass is 641 g/mol. The molecule has 0 saturated carbocycles. The van der Waals surface area contributed by atoms with Crippen LogP contribution in [0.1, 0.15) is 15.9 Å². The molecule has 0 bridgehead atoms. The maximum atomic E-state index is 13.0. The molecule has 0 aliphatic carbocycles. The lowest BCUT2D eigenvalue weighted by Gasteiger charge is -2.14. The van der Waals surface area contributed by atoms with Gasteiger partial charge in [0, 0.05) is 29.0 Å². The van der Waals surface area contributed by atoms with E-state index >= 15 is 0 Å². The largest absolute Gasteiger partial charge is 0.492 e. The van der Waals surface area contributed by atoms with E-state index in [9.17, 15) is 13.2 Å². The molecule has 4 aromatic rings. The highest BCUT2D eigenvalue weighted by atomic mass is 79.9. The lowest BCUT2D eigenvalue weighted by atomic mass is 10.1. The molecular formula is C27H24BrN5O5S2. The number of rotatable bonds is 10. The van der Waals surface area contributed by atoms with Crippen LogP contribution < -0.4 is 24.8 Å². The second-order valence-electron chi connectivity index (χ2n) is 8.18. The summed E-state index contributed by atoms with van der Waals surface area (Å²) in [6.07, 6.45) is 3.41. The van der Waals surface area contributed by atoms with Crippen molar-refractivity contribution < 1.29 is 22.7 Å². The van der Waals surface area contributed by atoms with Crippen molar-refractivity contribution in [2.75, 3.05) is 23.8 Å². The maximum Gasteiger partial charge on any atom is 0.263 e. The number of hydrogen-bond acceptors (Lipinski definition) is 8. The highest BCUT2D eigenvalue weighted by molar-refractivity contribution is 9.10. The number of nitrogens with zero attached hydrogens (tertiary/aromatic N) is 2. The summed E-state index contributed by atoms with van der Waals surface area (Å²) < 4.78 is 39.5. The molecule has 1 aromatic heterocycles. The van der Waals surface area contributed by atoms with Crippen molar-refractivity contribution in [3.8, 4) is 11.6 Å². The molecule has 0 fully saturated rings. The highest BCUT2D eigenvalue weighted by Gasteiger charge is 2.19. The van der Waals surface area contributed by atoms with E-state index in [2.05, 4.69) is 41.3 Å². The summed E-state index contributed by atoms with van der Waals surface area (Å²) in [7, 11) is -2.60. The Morgan fingerprint density at radius 1 is 1.00 bits per heavy atom. The number of halogens is 1. The predicted octanol–water partition coefficient (Wildman–Crippen LogP) is 4.80. The van der Waals surface area contributed by atoms with Crippen LogP contribution in [-0.4, -0.2) is 43.1 Å². The average molecular weight is 643 g/mol. The van der Waals surface area contributed by atoms with Gasteiger partial charge in [0.2, 0.25) is 5.82 Å². The smallest absolute Gasteiger partial charge is 0.263 e. The summed E-state index contributed by atoms with van der Waals surface area (Å²) in [5.41, 5.74) is 1.90. The molecule has 13 heteroatoms. The van der Waals surface area contributed by atoms with Gasteiger partial charge in [-0.3, -0.25) is 14.8 Å². The fourth-order valence-electron chi connectivity index (χ4n) is 3.51. The minimum Gasteiger partial charge on any atom is -0.492 e. The van der Waals surface area contributed by atoms with E-state index in [1.165, 1.54) is 43.8 Å². The number of carbonyl (C=O) groups excluding carboxylic acids is 1. The first-order valence-electron chi connectivity index (χ1n) is 11.8. The quantitative estimate of drug-likeness (QED) is 0.209. The van der Waals surface area contributed by atoms with Crippen molar-refractivity contribution in [3.63, 3.8) is 0 Å². The Balaban J connectivity index is 1.37. The van der Waals surface area contributed by atoms with E-state index in [0.717, 1.165) is 5.56 Å². The molecule has 0 saturated heterocycles. The Morgan fingerprint density at radius 2 is 1.73 bits per heavy atom. The Labute approximate surface area is 245 Å². The summed E-state index contributed by atoms with van der Waals surface area (Å²) in [5.74, 6) is -0.0382. The van der Waals surface area contributed by atoms with Crippen LogP contribution in [-0.2, 0) is 16.4 Å². The fourth-order valence-corrected chi connectivity index (χ4v) is 5.09. The summed E-state index contributed by atoms with van der Waals surface area (Å²) in [5, 5.41) is 5.53. The molecular weight excluding hydrogens is 618 g/mol. The number of carbonyl (C=O) groups is 1. The Hall–Kier alpha value is -4.07. The van der Waals surface area contributed by atoms with Crippen molar-refractivity contribution in [1.29, 1.82) is 0 Å². The van der Waals surface area contributed by atoms with Crippen molar-refractivity contribution in [3.05, 3.63) is 101 Å². The van der Waals surface area contributed by atoms with E-state index in [4.69, 9.17) is 21.7 Å². The van der Waals surface area contributed by atoms with Gasteiger partial charge in [-0.05, 0) is 60.2 Å². The second-order valence-corrected chi connectivity index (χ2v) is 11.2. The van der Waals surface area contributed by atoms with Gasteiger partial charge in [0.15, 0.2) is 5.11 Å². The standard InChI is InChI=1S/C27H24BrN5O5S2/c1-37-26-24(29-14-15-30-26)33-40(35,36)21-10-8-20(9-11-21)31-27(39)32-25(34)22-17-19(28)7-12-23(22)38-16-13-18-5-3-2-4-6-18/h2-12,14-15,17H,13,16H2,1H3,(H,29,33)(H2,31,32,34,39). The van der Waals surface area contributed by atoms with E-state index in [-0.39, 0.29) is 21.7 Å². The fraction of sp³-hybridized carbons (Fsp3) is 0.111. The molecule has 1 heterocycles. The number of hydrogen-bond donors (Lipinski definition) is 3. The first kappa shape index (κ1) is 28.9. The minimum atomic E-state index is -3.96. The van der Waals surface area contributed by atoms with Crippen LogP contribution >= 0.6 is 28.1 Å². The minimum absolute atomic E-state index is 0.0212. The number of anilines is 2. The van der Waals surface area contributed by atoms with E-state index in [1.54, 1.807) is 18.2 Å². The molecule has 1 amide bonds. The topological polar surface area (TPSA) is 132 Å². The molecule has 0 aliphatic rings. The van der Waals surface area contributed by atoms with Crippen LogP contribution in [0.5, 0.6) is 11.6 Å². The van der Waals surface area contributed by atoms with Crippen LogP contribution in [0.25, 0.3) is 0 Å². The van der Waals surface area contributed by atoms with Gasteiger partial charge in [0.25, 0.3) is 21.8 Å². The van der Waals surface area contributed by atoms with Gasteiger partial charge >= 0.3 is 0 Å². The molecule has 0 spiro atoms. The van der Waals surface area contributed by atoms with E-state index in [0.29, 0.717) is 34.5 Å². The number of thiocarbonyl (C=S) groups is 1. The molecule has 10 nitrogen and oxygen atoms in total. The van der Waals surface area contributed by atoms with Gasteiger partial charge in [0.1, 0.15) is 5.75 Å².